The minimum Gasteiger partial charge on any atom is -0.357 e. The van der Waals surface area contributed by atoms with Gasteiger partial charge in [-0.25, -0.2) is 9.67 Å². The lowest BCUT2D eigenvalue weighted by molar-refractivity contribution is 0.397. The van der Waals surface area contributed by atoms with Crippen LogP contribution in [0.1, 0.15) is 82.4 Å². The van der Waals surface area contributed by atoms with Crippen LogP contribution in [0.4, 0.5) is 0 Å². The quantitative estimate of drug-likeness (QED) is 0.272. The second-order valence-electron chi connectivity index (χ2n) is 7.49. The van der Waals surface area contributed by atoms with Gasteiger partial charge in [-0.2, -0.15) is 5.10 Å². The molecular weight excluding hydrogens is 439 g/mol. The average molecular weight is 474 g/mol. The average Bonchev–Trinajstić information content (AvgIpc) is 3.23. The van der Waals surface area contributed by atoms with Crippen LogP contribution in [0.25, 0.3) is 0 Å². The summed E-state index contributed by atoms with van der Waals surface area (Å²) < 4.78 is 2.04. The number of aromatic nitrogens is 3. The van der Waals surface area contributed by atoms with Crippen LogP contribution in [-0.2, 0) is 6.54 Å². The number of aliphatic imine (C=N–C) groups is 1. The third-order valence-corrected chi connectivity index (χ3v) is 5.40. The van der Waals surface area contributed by atoms with Crippen molar-refractivity contribution < 1.29 is 0 Å². The maximum Gasteiger partial charge on any atom is 0.191 e. The van der Waals surface area contributed by atoms with Crippen molar-refractivity contribution in [3.63, 3.8) is 0 Å². The third kappa shape index (κ3) is 6.09. The molecule has 26 heavy (non-hydrogen) atoms. The van der Waals surface area contributed by atoms with Crippen LogP contribution in [0, 0.1) is 12.8 Å². The number of unbranched alkanes of at least 4 members (excludes halogenated alkanes) is 1. The molecule has 1 aliphatic heterocycles. The lowest BCUT2D eigenvalue weighted by Crippen LogP contribution is -2.41. The summed E-state index contributed by atoms with van der Waals surface area (Å²) in [4.78, 5) is 9.39. The van der Waals surface area contributed by atoms with E-state index in [0.29, 0.717) is 0 Å². The second kappa shape index (κ2) is 11.1. The van der Waals surface area contributed by atoms with E-state index in [2.05, 4.69) is 27.6 Å². The van der Waals surface area contributed by atoms with Crippen LogP contribution >= 0.6 is 24.0 Å². The van der Waals surface area contributed by atoms with E-state index in [9.17, 15) is 0 Å². The van der Waals surface area contributed by atoms with Crippen molar-refractivity contribution in [3.05, 3.63) is 11.6 Å². The van der Waals surface area contributed by atoms with Crippen LogP contribution in [0.3, 0.4) is 0 Å². The molecule has 1 fully saturated rings. The van der Waals surface area contributed by atoms with Gasteiger partial charge in [0.25, 0.3) is 0 Å². The predicted molar refractivity (Wildman–Crippen MR) is 117 cm³/mol. The van der Waals surface area contributed by atoms with Gasteiger partial charge in [0.1, 0.15) is 11.6 Å². The van der Waals surface area contributed by atoms with Gasteiger partial charge in [0, 0.05) is 19.6 Å². The van der Waals surface area contributed by atoms with Crippen molar-refractivity contribution in [1.82, 2.24) is 25.4 Å². The van der Waals surface area contributed by atoms with Crippen LogP contribution in [0.5, 0.6) is 0 Å². The van der Waals surface area contributed by atoms with Crippen LogP contribution in [0.2, 0.25) is 0 Å². The molecule has 148 valence electrons. The summed E-state index contributed by atoms with van der Waals surface area (Å²) >= 11 is 0. The minimum atomic E-state index is 0. The Bertz CT molecular complexity index is 564. The van der Waals surface area contributed by atoms with E-state index in [-0.39, 0.29) is 30.0 Å². The van der Waals surface area contributed by atoms with E-state index in [4.69, 9.17) is 4.99 Å². The number of rotatable bonds is 7. The monoisotopic (exact) mass is 474 g/mol. The second-order valence-corrected chi connectivity index (χ2v) is 7.49. The van der Waals surface area contributed by atoms with Crippen molar-refractivity contribution in [3.8, 4) is 0 Å². The lowest BCUT2D eigenvalue weighted by Gasteiger charge is -2.25. The first-order chi connectivity index (χ1) is 12.3. The lowest BCUT2D eigenvalue weighted by atomic mass is 10.0. The largest absolute Gasteiger partial charge is 0.357 e. The molecule has 0 amide bonds. The van der Waals surface area contributed by atoms with E-state index in [1.807, 2.05) is 11.6 Å². The molecule has 1 aromatic heterocycles. The molecule has 1 saturated carbocycles. The normalized spacial score (nSPS) is 20.5. The Labute approximate surface area is 175 Å². The van der Waals surface area contributed by atoms with Gasteiger partial charge in [-0.3, -0.25) is 4.99 Å². The van der Waals surface area contributed by atoms with Crippen LogP contribution in [-0.4, -0.2) is 33.8 Å². The fraction of sp³-hybridized carbons (Fsp3) is 0.842. The predicted octanol–water partition coefficient (Wildman–Crippen LogP) is 3.96. The zero-order chi connectivity index (χ0) is 17.5. The van der Waals surface area contributed by atoms with Gasteiger partial charge in [-0.1, -0.05) is 38.5 Å². The molecular formula is C19H35IN6. The standard InChI is InChI=1S/C19H34N6.HI/c1-3-20-19(21-13-7-6-11-16-9-4-5-10-16)23-17-12-8-14-25-18(17)22-15(2)24-25;/h16-17H,3-14H2,1-2H3,(H2,20,21,23);1H. The molecule has 2 aliphatic rings. The zero-order valence-corrected chi connectivity index (χ0v) is 18.7. The Morgan fingerprint density at radius 3 is 2.77 bits per heavy atom. The Morgan fingerprint density at radius 2 is 2.00 bits per heavy atom. The van der Waals surface area contributed by atoms with Crippen molar-refractivity contribution in [2.45, 2.75) is 84.2 Å². The molecule has 6 nitrogen and oxygen atoms in total. The maximum atomic E-state index is 4.79. The molecule has 0 aromatic carbocycles. The van der Waals surface area contributed by atoms with E-state index in [1.165, 1.54) is 44.9 Å². The van der Waals surface area contributed by atoms with Gasteiger partial charge in [0.05, 0.1) is 6.04 Å². The maximum absolute atomic E-state index is 4.79. The van der Waals surface area contributed by atoms with Crippen molar-refractivity contribution in [1.29, 1.82) is 0 Å². The van der Waals surface area contributed by atoms with Crippen molar-refractivity contribution in [2.75, 3.05) is 13.1 Å². The number of aryl methyl sites for hydroxylation is 2. The molecule has 0 bridgehead atoms. The van der Waals surface area contributed by atoms with Gasteiger partial charge in [0.2, 0.25) is 0 Å². The highest BCUT2D eigenvalue weighted by molar-refractivity contribution is 14.0. The summed E-state index contributed by atoms with van der Waals surface area (Å²) in [6.07, 6.45) is 11.9. The fourth-order valence-corrected chi connectivity index (χ4v) is 4.12. The minimum absolute atomic E-state index is 0. The molecule has 2 heterocycles. The molecule has 1 aromatic rings. The molecule has 1 aliphatic carbocycles. The highest BCUT2D eigenvalue weighted by atomic mass is 127. The SMILES string of the molecule is CCNC(=NCCCCC1CCCC1)NC1CCCn2nc(C)nc21.I. The van der Waals surface area contributed by atoms with E-state index < -0.39 is 0 Å². The molecule has 0 radical (unpaired) electrons. The smallest absolute Gasteiger partial charge is 0.191 e. The number of nitrogens with zero attached hydrogens (tertiary/aromatic N) is 4. The third-order valence-electron chi connectivity index (χ3n) is 5.40. The first-order valence-electron chi connectivity index (χ1n) is 10.2. The van der Waals surface area contributed by atoms with E-state index in [1.54, 1.807) is 0 Å². The number of fused-ring (bicyclic) bond motifs is 1. The molecule has 7 heteroatoms. The Hall–Kier alpha value is -0.860. The summed E-state index contributed by atoms with van der Waals surface area (Å²) in [6, 6.07) is 0.214. The van der Waals surface area contributed by atoms with Gasteiger partial charge in [0.15, 0.2) is 5.96 Å². The van der Waals surface area contributed by atoms with Crippen LogP contribution < -0.4 is 10.6 Å². The number of guanidine groups is 1. The first kappa shape index (κ1) is 21.4. The van der Waals surface area contributed by atoms with Crippen molar-refractivity contribution >= 4 is 29.9 Å². The van der Waals surface area contributed by atoms with Crippen LogP contribution in [0.15, 0.2) is 4.99 Å². The summed E-state index contributed by atoms with van der Waals surface area (Å²) in [5.74, 6) is 3.82. The summed E-state index contributed by atoms with van der Waals surface area (Å²) in [6.45, 7) is 6.84. The summed E-state index contributed by atoms with van der Waals surface area (Å²) in [5, 5.41) is 11.4. The van der Waals surface area contributed by atoms with E-state index in [0.717, 1.165) is 56.0 Å². The number of hydrogen-bond acceptors (Lipinski definition) is 3. The molecule has 1 atom stereocenters. The van der Waals surface area contributed by atoms with Gasteiger partial charge < -0.3 is 10.6 Å². The molecule has 0 spiro atoms. The van der Waals surface area contributed by atoms with Gasteiger partial charge in [-0.15, -0.1) is 24.0 Å². The van der Waals surface area contributed by atoms with Gasteiger partial charge >= 0.3 is 0 Å². The number of halogens is 1. The number of hydrogen-bond donors (Lipinski definition) is 2. The molecule has 1 unspecified atom stereocenters. The zero-order valence-electron chi connectivity index (χ0n) is 16.3. The van der Waals surface area contributed by atoms with Gasteiger partial charge in [-0.05, 0) is 39.0 Å². The molecule has 2 N–H and O–H groups in total. The Kier molecular flexibility index (Phi) is 9.15. The number of nitrogens with one attached hydrogen (secondary N) is 2. The Morgan fingerprint density at radius 1 is 1.19 bits per heavy atom. The summed E-state index contributed by atoms with van der Waals surface area (Å²) in [7, 11) is 0. The topological polar surface area (TPSA) is 67.1 Å². The summed E-state index contributed by atoms with van der Waals surface area (Å²) in [5.41, 5.74) is 0. The fourth-order valence-electron chi connectivity index (χ4n) is 4.12. The first-order valence-corrected chi connectivity index (χ1v) is 10.2. The Balaban J connectivity index is 0.00000243. The van der Waals surface area contributed by atoms with Crippen molar-refractivity contribution in [2.24, 2.45) is 10.9 Å². The molecule has 3 rings (SSSR count). The van der Waals surface area contributed by atoms with E-state index >= 15 is 0 Å². The highest BCUT2D eigenvalue weighted by Gasteiger charge is 2.24. The highest BCUT2D eigenvalue weighted by Crippen LogP contribution is 2.28. The molecule has 0 saturated heterocycles.